The molecular formula is C74H143NO10. The van der Waals surface area contributed by atoms with E-state index in [2.05, 4.69) is 26.1 Å². The van der Waals surface area contributed by atoms with Crippen molar-refractivity contribution in [2.24, 2.45) is 0 Å². The summed E-state index contributed by atoms with van der Waals surface area (Å²) in [5.74, 6) is -1.17. The zero-order valence-electron chi connectivity index (χ0n) is 56.3. The lowest BCUT2D eigenvalue weighted by molar-refractivity contribution is -0.305. The summed E-state index contributed by atoms with van der Waals surface area (Å²) in [5, 5.41) is 57.3. The summed E-state index contributed by atoms with van der Waals surface area (Å²) in [6, 6.07) is -1.02. The Morgan fingerprint density at radius 2 is 0.765 bits per heavy atom. The van der Waals surface area contributed by atoms with E-state index in [0.29, 0.717) is 19.3 Å². The molecule has 8 unspecified atom stereocenters. The van der Waals surface area contributed by atoms with Crippen LogP contribution in [0.25, 0.3) is 0 Å². The van der Waals surface area contributed by atoms with E-state index < -0.39 is 67.4 Å². The van der Waals surface area contributed by atoms with Gasteiger partial charge < -0.3 is 45.1 Å². The number of amides is 1. The van der Waals surface area contributed by atoms with Crippen LogP contribution in [-0.4, -0.2) is 99.6 Å². The molecule has 0 bridgehead atoms. The maximum Gasteiger partial charge on any atom is 0.306 e. The van der Waals surface area contributed by atoms with Crippen molar-refractivity contribution in [3.8, 4) is 0 Å². The van der Waals surface area contributed by atoms with E-state index in [1.54, 1.807) is 6.08 Å². The van der Waals surface area contributed by atoms with E-state index >= 15 is 0 Å². The number of unbranched alkanes of at least 4 members (excludes halogenated alkanes) is 52. The summed E-state index contributed by atoms with van der Waals surface area (Å²) < 4.78 is 17.7. The summed E-state index contributed by atoms with van der Waals surface area (Å²) in [6.45, 7) is 5.87. The molecule has 6 N–H and O–H groups in total. The number of aliphatic hydroxyl groups is 5. The maximum atomic E-state index is 13.5. The summed E-state index contributed by atoms with van der Waals surface area (Å²) >= 11 is 0. The van der Waals surface area contributed by atoms with Gasteiger partial charge in [-0.1, -0.05) is 367 Å². The van der Waals surface area contributed by atoms with E-state index in [-0.39, 0.29) is 13.0 Å². The van der Waals surface area contributed by atoms with Crippen LogP contribution in [0.2, 0.25) is 0 Å². The highest BCUT2D eigenvalue weighted by Crippen LogP contribution is 2.27. The Hall–Kier alpha value is -1.60. The van der Waals surface area contributed by atoms with Crippen molar-refractivity contribution >= 4 is 11.9 Å². The lowest BCUT2D eigenvalue weighted by Gasteiger charge is -2.41. The average Bonchev–Trinajstić information content (AvgIpc) is 2.92. The van der Waals surface area contributed by atoms with Gasteiger partial charge in [0, 0.05) is 6.42 Å². The molecule has 1 saturated heterocycles. The molecule has 0 radical (unpaired) electrons. The van der Waals surface area contributed by atoms with Crippen molar-refractivity contribution in [3.63, 3.8) is 0 Å². The van der Waals surface area contributed by atoms with Crippen molar-refractivity contribution in [3.05, 3.63) is 12.2 Å². The van der Waals surface area contributed by atoms with Gasteiger partial charge in [0.25, 0.3) is 0 Å². The second-order valence-corrected chi connectivity index (χ2v) is 26.4. The summed E-state index contributed by atoms with van der Waals surface area (Å²) in [6.07, 6.45) is 64.1. The summed E-state index contributed by atoms with van der Waals surface area (Å²) in [4.78, 5) is 26.7. The molecule has 0 spiro atoms. The largest absolute Gasteiger partial charge is 0.454 e. The van der Waals surface area contributed by atoms with Crippen LogP contribution in [0, 0.1) is 0 Å². The maximum absolute atomic E-state index is 13.5. The Labute approximate surface area is 525 Å². The minimum Gasteiger partial charge on any atom is -0.454 e. The highest BCUT2D eigenvalue weighted by molar-refractivity contribution is 5.80. The van der Waals surface area contributed by atoms with Crippen LogP contribution in [-0.2, 0) is 23.8 Å². The van der Waals surface area contributed by atoms with Crippen LogP contribution in [0.15, 0.2) is 12.2 Å². The first-order valence-corrected chi connectivity index (χ1v) is 37.5. The number of aliphatic hydroxyl groups excluding tert-OH is 5. The fraction of sp³-hybridized carbons (Fsp3) is 0.946. The molecule has 1 amide bonds. The fourth-order valence-electron chi connectivity index (χ4n) is 12.3. The number of allylic oxidation sites excluding steroid dienone is 1. The third-order valence-corrected chi connectivity index (χ3v) is 18.2. The third-order valence-electron chi connectivity index (χ3n) is 18.2. The number of ether oxygens (including phenoxy) is 3. The Bertz CT molecular complexity index is 1430. The molecule has 8 atom stereocenters. The molecule has 1 aliphatic rings. The molecule has 0 saturated carbocycles. The molecule has 85 heavy (non-hydrogen) atoms. The SMILES string of the molecule is CCCCCCCCCCCCC/C=C/C(O)C(COC1OC(CO)C(O)C(O)C1OC(=O)CCCCCCCCCCCCCCCCCCCCCCCCCCCCC)NC(=O)C(O)CCCCCCCCCCCCCCCCCC. The van der Waals surface area contributed by atoms with Crippen LogP contribution in [0.5, 0.6) is 0 Å². The van der Waals surface area contributed by atoms with Gasteiger partial charge in [-0.25, -0.2) is 0 Å². The van der Waals surface area contributed by atoms with Crippen LogP contribution >= 0.6 is 0 Å². The van der Waals surface area contributed by atoms with Crippen LogP contribution in [0.3, 0.4) is 0 Å². The molecule has 504 valence electrons. The number of nitrogens with one attached hydrogen (secondary N) is 1. The normalized spacial score (nSPS) is 18.3. The molecule has 1 heterocycles. The van der Waals surface area contributed by atoms with Gasteiger partial charge in [0.15, 0.2) is 12.4 Å². The molecule has 0 aromatic rings. The van der Waals surface area contributed by atoms with Crippen LogP contribution in [0.4, 0.5) is 0 Å². The Kier molecular flexibility index (Phi) is 59.9. The average molecular weight is 1210 g/mol. The highest BCUT2D eigenvalue weighted by Gasteiger charge is 2.47. The molecule has 1 aliphatic heterocycles. The minimum absolute atomic E-state index is 0.132. The minimum atomic E-state index is -1.61. The third kappa shape index (κ3) is 49.8. The van der Waals surface area contributed by atoms with Gasteiger partial charge >= 0.3 is 5.97 Å². The molecular weight excluding hydrogens is 1060 g/mol. The van der Waals surface area contributed by atoms with Gasteiger partial charge in [0.05, 0.1) is 25.4 Å². The molecule has 11 heteroatoms. The predicted molar refractivity (Wildman–Crippen MR) is 357 cm³/mol. The second kappa shape index (κ2) is 62.6. The van der Waals surface area contributed by atoms with Gasteiger partial charge in [-0.05, 0) is 25.7 Å². The molecule has 1 fully saturated rings. The smallest absolute Gasteiger partial charge is 0.306 e. The lowest BCUT2D eigenvalue weighted by Crippen LogP contribution is -2.61. The van der Waals surface area contributed by atoms with Gasteiger partial charge in [0.1, 0.15) is 24.4 Å². The molecule has 0 aromatic carbocycles. The number of hydrogen-bond donors (Lipinski definition) is 6. The number of rotatable bonds is 66. The van der Waals surface area contributed by atoms with Crippen LogP contribution < -0.4 is 5.32 Å². The van der Waals surface area contributed by atoms with E-state index in [1.165, 1.54) is 283 Å². The van der Waals surface area contributed by atoms with Crippen molar-refractivity contribution in [2.45, 2.75) is 436 Å². The topological polar surface area (TPSA) is 175 Å². The number of esters is 1. The number of carbonyl (C=O) groups excluding carboxylic acids is 2. The first-order valence-electron chi connectivity index (χ1n) is 37.5. The van der Waals surface area contributed by atoms with Gasteiger partial charge in [-0.15, -0.1) is 0 Å². The van der Waals surface area contributed by atoms with Crippen molar-refractivity contribution < 1.29 is 49.3 Å². The monoisotopic (exact) mass is 1210 g/mol. The highest BCUT2D eigenvalue weighted by atomic mass is 16.7. The molecule has 0 aromatic heterocycles. The van der Waals surface area contributed by atoms with E-state index in [1.807, 2.05) is 6.08 Å². The molecule has 0 aliphatic carbocycles. The van der Waals surface area contributed by atoms with Crippen molar-refractivity contribution in [1.29, 1.82) is 0 Å². The summed E-state index contributed by atoms with van der Waals surface area (Å²) in [7, 11) is 0. The van der Waals surface area contributed by atoms with Crippen molar-refractivity contribution in [1.82, 2.24) is 5.32 Å². The van der Waals surface area contributed by atoms with E-state index in [4.69, 9.17) is 14.2 Å². The van der Waals surface area contributed by atoms with Gasteiger partial charge in [-0.3, -0.25) is 9.59 Å². The predicted octanol–water partition coefficient (Wildman–Crippen LogP) is 19.4. The zero-order chi connectivity index (χ0) is 61.7. The number of hydrogen-bond acceptors (Lipinski definition) is 10. The van der Waals surface area contributed by atoms with Crippen molar-refractivity contribution in [2.75, 3.05) is 13.2 Å². The summed E-state index contributed by atoms with van der Waals surface area (Å²) in [5.41, 5.74) is 0. The Morgan fingerprint density at radius 3 is 1.11 bits per heavy atom. The molecule has 11 nitrogen and oxygen atoms in total. The Morgan fingerprint density at radius 1 is 0.447 bits per heavy atom. The second-order valence-electron chi connectivity index (χ2n) is 26.4. The van der Waals surface area contributed by atoms with Gasteiger partial charge in [-0.2, -0.15) is 0 Å². The van der Waals surface area contributed by atoms with Crippen LogP contribution in [0.1, 0.15) is 387 Å². The standard InChI is InChI=1S/C74H143NO10/c1-4-7-10-13-16-19-22-25-27-29-30-31-32-33-34-35-36-37-38-39-41-44-47-50-53-56-59-62-69(79)85-72-71(81)70(80)68(63-76)84-74(72)83-64-65(66(77)60-57-54-51-48-45-42-24-21-18-15-12-9-6-3)75-73(82)67(78)61-58-55-52-49-46-43-40-28-26-23-20-17-14-11-8-5-2/h57,60,65-68,70-72,74,76-78,80-81H,4-56,58-59,61-64H2,1-3H3,(H,75,82)/b60-57+. The lowest BCUT2D eigenvalue weighted by atomic mass is 9.99. The first kappa shape index (κ1) is 81.4. The zero-order valence-corrected chi connectivity index (χ0v) is 56.3. The van der Waals surface area contributed by atoms with E-state index in [9.17, 15) is 35.1 Å². The fourth-order valence-corrected chi connectivity index (χ4v) is 12.3. The molecule has 1 rings (SSSR count). The Balaban J connectivity index is 2.51. The van der Waals surface area contributed by atoms with E-state index in [0.717, 1.165) is 57.8 Å². The quantitative estimate of drug-likeness (QED) is 0.0195. The van der Waals surface area contributed by atoms with Gasteiger partial charge in [0.2, 0.25) is 5.91 Å². The first-order chi connectivity index (χ1) is 41.7. The number of carbonyl (C=O) groups is 2.